The number of hydrogen-bond donors (Lipinski definition) is 2. The summed E-state index contributed by atoms with van der Waals surface area (Å²) in [4.78, 5) is 0. The van der Waals surface area contributed by atoms with Crippen LogP contribution in [-0.4, -0.2) is 32.3 Å². The second kappa shape index (κ2) is 7.30. The molecule has 0 spiro atoms. The smallest absolute Gasteiger partial charge is 0.0634 e. The van der Waals surface area contributed by atoms with Crippen molar-refractivity contribution in [3.8, 4) is 0 Å². The third kappa shape index (κ3) is 8.22. The van der Waals surface area contributed by atoms with Crippen LogP contribution in [0.1, 0.15) is 33.1 Å². The van der Waals surface area contributed by atoms with Crippen molar-refractivity contribution in [2.24, 2.45) is 5.73 Å². The fourth-order valence-electron chi connectivity index (χ4n) is 1.01. The predicted molar refractivity (Wildman–Crippen MR) is 56.9 cm³/mol. The number of unbranched alkanes of at least 4 members (excludes halogenated alkanes) is 1. The molecule has 0 aromatic rings. The third-order valence-electron chi connectivity index (χ3n) is 2.26. The van der Waals surface area contributed by atoms with Gasteiger partial charge >= 0.3 is 0 Å². The molecular formula is C10H24N2O. The third-order valence-corrected chi connectivity index (χ3v) is 2.26. The second-order valence-corrected chi connectivity index (χ2v) is 3.96. The van der Waals surface area contributed by atoms with Gasteiger partial charge in [-0.15, -0.1) is 0 Å². The highest BCUT2D eigenvalue weighted by Crippen LogP contribution is 2.11. The molecule has 0 amide bonds. The zero-order chi connectivity index (χ0) is 10.2. The van der Waals surface area contributed by atoms with Crippen LogP contribution in [0.15, 0.2) is 0 Å². The van der Waals surface area contributed by atoms with Gasteiger partial charge in [0.1, 0.15) is 0 Å². The van der Waals surface area contributed by atoms with Gasteiger partial charge in [0.25, 0.3) is 0 Å². The van der Waals surface area contributed by atoms with Crippen LogP contribution < -0.4 is 11.1 Å². The minimum Gasteiger partial charge on any atom is -0.379 e. The maximum Gasteiger partial charge on any atom is 0.0634 e. The Morgan fingerprint density at radius 3 is 2.46 bits per heavy atom. The van der Waals surface area contributed by atoms with Crippen LogP contribution >= 0.6 is 0 Å². The van der Waals surface area contributed by atoms with E-state index in [1.165, 1.54) is 6.42 Å². The molecule has 13 heavy (non-hydrogen) atoms. The topological polar surface area (TPSA) is 47.3 Å². The van der Waals surface area contributed by atoms with E-state index in [9.17, 15) is 0 Å². The Balaban J connectivity index is 3.16. The van der Waals surface area contributed by atoms with Crippen molar-refractivity contribution in [1.82, 2.24) is 5.32 Å². The second-order valence-electron chi connectivity index (χ2n) is 3.96. The summed E-state index contributed by atoms with van der Waals surface area (Å²) in [5, 5.41) is 3.38. The standard InChI is InChI=1S/C10H24N2O/c1-10(2,13-3)6-9-12-8-5-4-7-11/h12H,4-9,11H2,1-3H3. The Kier molecular flexibility index (Phi) is 7.23. The molecule has 0 fully saturated rings. The molecule has 0 heterocycles. The van der Waals surface area contributed by atoms with Crippen LogP contribution in [0, 0.1) is 0 Å². The number of methoxy groups -OCH3 is 1. The Hall–Kier alpha value is -0.120. The number of hydrogen-bond acceptors (Lipinski definition) is 3. The van der Waals surface area contributed by atoms with Gasteiger partial charge in [-0.25, -0.2) is 0 Å². The summed E-state index contributed by atoms with van der Waals surface area (Å²) >= 11 is 0. The van der Waals surface area contributed by atoms with Gasteiger partial charge < -0.3 is 15.8 Å². The summed E-state index contributed by atoms with van der Waals surface area (Å²) in [6.07, 6.45) is 3.33. The first-order chi connectivity index (χ1) is 6.12. The molecule has 3 N–H and O–H groups in total. The largest absolute Gasteiger partial charge is 0.379 e. The maximum atomic E-state index is 5.39. The van der Waals surface area contributed by atoms with Gasteiger partial charge in [0.2, 0.25) is 0 Å². The molecule has 80 valence electrons. The fourth-order valence-corrected chi connectivity index (χ4v) is 1.01. The first-order valence-corrected chi connectivity index (χ1v) is 5.08. The molecule has 0 saturated carbocycles. The fraction of sp³-hybridized carbons (Fsp3) is 1.00. The zero-order valence-electron chi connectivity index (χ0n) is 9.23. The first kappa shape index (κ1) is 12.9. The van der Waals surface area contributed by atoms with E-state index < -0.39 is 0 Å². The van der Waals surface area contributed by atoms with Crippen LogP contribution in [0.2, 0.25) is 0 Å². The van der Waals surface area contributed by atoms with Gasteiger partial charge in [-0.1, -0.05) is 0 Å². The highest BCUT2D eigenvalue weighted by Gasteiger charge is 2.14. The van der Waals surface area contributed by atoms with Gasteiger partial charge in [-0.05, 0) is 52.7 Å². The molecule has 0 radical (unpaired) electrons. The molecule has 0 aliphatic rings. The van der Waals surface area contributed by atoms with E-state index in [1.807, 2.05) is 0 Å². The molecule has 0 aromatic heterocycles. The van der Waals surface area contributed by atoms with Crippen molar-refractivity contribution >= 4 is 0 Å². The summed E-state index contributed by atoms with van der Waals surface area (Å²) < 4.78 is 5.31. The van der Waals surface area contributed by atoms with Crippen LogP contribution in [0.4, 0.5) is 0 Å². The lowest BCUT2D eigenvalue weighted by Crippen LogP contribution is -2.29. The normalized spacial score (nSPS) is 12.0. The molecule has 0 atom stereocenters. The lowest BCUT2D eigenvalue weighted by Gasteiger charge is -2.22. The summed E-state index contributed by atoms with van der Waals surface area (Å²) in [5.41, 5.74) is 5.39. The van der Waals surface area contributed by atoms with Gasteiger partial charge in [-0.3, -0.25) is 0 Å². The minimum atomic E-state index is 0.000861. The molecule has 3 heteroatoms. The van der Waals surface area contributed by atoms with E-state index in [4.69, 9.17) is 10.5 Å². The molecule has 0 unspecified atom stereocenters. The summed E-state index contributed by atoms with van der Waals surface area (Å²) in [6, 6.07) is 0. The number of ether oxygens (including phenoxy) is 1. The summed E-state index contributed by atoms with van der Waals surface area (Å²) in [7, 11) is 1.76. The molecule has 0 bridgehead atoms. The Morgan fingerprint density at radius 1 is 1.23 bits per heavy atom. The Bertz CT molecular complexity index is 115. The maximum absolute atomic E-state index is 5.39. The SMILES string of the molecule is COC(C)(C)CCNCCCCN. The lowest BCUT2D eigenvalue weighted by molar-refractivity contribution is 0.0159. The van der Waals surface area contributed by atoms with E-state index in [1.54, 1.807) is 7.11 Å². The predicted octanol–water partition coefficient (Wildman–Crippen LogP) is 1.13. The van der Waals surface area contributed by atoms with Crippen molar-refractivity contribution < 1.29 is 4.74 Å². The number of rotatable bonds is 8. The van der Waals surface area contributed by atoms with E-state index in [0.717, 1.165) is 32.5 Å². The Morgan fingerprint density at radius 2 is 1.92 bits per heavy atom. The van der Waals surface area contributed by atoms with Crippen LogP contribution in [0.3, 0.4) is 0 Å². The van der Waals surface area contributed by atoms with Crippen molar-refractivity contribution in [1.29, 1.82) is 0 Å². The van der Waals surface area contributed by atoms with Gasteiger partial charge in [0.15, 0.2) is 0 Å². The van der Waals surface area contributed by atoms with Crippen LogP contribution in [-0.2, 0) is 4.74 Å². The van der Waals surface area contributed by atoms with Gasteiger partial charge in [0, 0.05) is 7.11 Å². The molecule has 0 aliphatic heterocycles. The van der Waals surface area contributed by atoms with E-state index in [2.05, 4.69) is 19.2 Å². The van der Waals surface area contributed by atoms with Crippen LogP contribution in [0.25, 0.3) is 0 Å². The van der Waals surface area contributed by atoms with Crippen molar-refractivity contribution in [3.05, 3.63) is 0 Å². The van der Waals surface area contributed by atoms with Crippen molar-refractivity contribution in [2.45, 2.75) is 38.7 Å². The molecule has 0 rings (SSSR count). The summed E-state index contributed by atoms with van der Waals surface area (Å²) in [6.45, 7) is 7.09. The highest BCUT2D eigenvalue weighted by molar-refractivity contribution is 4.68. The molecule has 3 nitrogen and oxygen atoms in total. The van der Waals surface area contributed by atoms with Gasteiger partial charge in [-0.2, -0.15) is 0 Å². The van der Waals surface area contributed by atoms with Crippen molar-refractivity contribution in [2.75, 3.05) is 26.7 Å². The minimum absolute atomic E-state index is 0.000861. The number of nitrogens with one attached hydrogen (secondary N) is 1. The average molecular weight is 188 g/mol. The van der Waals surface area contributed by atoms with E-state index in [-0.39, 0.29) is 5.60 Å². The Labute approximate surface area is 82.0 Å². The first-order valence-electron chi connectivity index (χ1n) is 5.08. The monoisotopic (exact) mass is 188 g/mol. The average Bonchev–Trinajstić information content (AvgIpc) is 2.11. The van der Waals surface area contributed by atoms with E-state index >= 15 is 0 Å². The number of nitrogens with two attached hydrogens (primary N) is 1. The lowest BCUT2D eigenvalue weighted by atomic mass is 10.1. The molecule has 0 aromatic carbocycles. The zero-order valence-corrected chi connectivity index (χ0v) is 9.23. The van der Waals surface area contributed by atoms with Crippen LogP contribution in [0.5, 0.6) is 0 Å². The van der Waals surface area contributed by atoms with Crippen molar-refractivity contribution in [3.63, 3.8) is 0 Å². The summed E-state index contributed by atoms with van der Waals surface area (Å²) in [5.74, 6) is 0. The van der Waals surface area contributed by atoms with Gasteiger partial charge in [0.05, 0.1) is 5.60 Å². The quantitative estimate of drug-likeness (QED) is 0.561. The van der Waals surface area contributed by atoms with E-state index in [0.29, 0.717) is 0 Å². The molecule has 0 aliphatic carbocycles. The highest BCUT2D eigenvalue weighted by atomic mass is 16.5. The molecule has 0 saturated heterocycles. The molecular weight excluding hydrogens is 164 g/mol.